The van der Waals surface area contributed by atoms with E-state index in [4.69, 9.17) is 9.47 Å². The standard InChI is InChI=1S/C14H29N3O4S/c1-13-6-4-5-7-17(13)22(18,19)16-10-8-15(9-11-16)12-14(20-2)21-3/h13-14H,4-12H2,1-3H3. The summed E-state index contributed by atoms with van der Waals surface area (Å²) in [6.07, 6.45) is 2.79. The molecule has 22 heavy (non-hydrogen) atoms. The Morgan fingerprint density at radius 2 is 1.68 bits per heavy atom. The van der Waals surface area contributed by atoms with Crippen molar-refractivity contribution in [3.8, 4) is 0 Å². The molecular formula is C14H29N3O4S. The maximum absolute atomic E-state index is 12.8. The summed E-state index contributed by atoms with van der Waals surface area (Å²) in [4.78, 5) is 2.18. The molecule has 0 spiro atoms. The fraction of sp³-hybridized carbons (Fsp3) is 1.00. The highest BCUT2D eigenvalue weighted by Crippen LogP contribution is 2.23. The molecule has 0 amide bonds. The lowest BCUT2D eigenvalue weighted by Gasteiger charge is -2.40. The predicted octanol–water partition coefficient (Wildman–Crippen LogP) is 0.342. The van der Waals surface area contributed by atoms with Crippen molar-refractivity contribution in [2.24, 2.45) is 0 Å². The average molecular weight is 335 g/mol. The summed E-state index contributed by atoms with van der Waals surface area (Å²) in [5, 5.41) is 0. The van der Waals surface area contributed by atoms with Crippen LogP contribution in [-0.4, -0.2) is 87.7 Å². The van der Waals surface area contributed by atoms with Crippen LogP contribution in [0.1, 0.15) is 26.2 Å². The average Bonchev–Trinajstić information content (AvgIpc) is 2.53. The highest BCUT2D eigenvalue weighted by Gasteiger charge is 2.36. The normalized spacial score (nSPS) is 26.6. The Bertz CT molecular complexity index is 433. The van der Waals surface area contributed by atoms with Crippen LogP contribution in [0.2, 0.25) is 0 Å². The van der Waals surface area contributed by atoms with Crippen molar-refractivity contribution >= 4 is 10.2 Å². The third-order valence-corrected chi connectivity index (χ3v) is 6.78. The minimum Gasteiger partial charge on any atom is -0.355 e. The van der Waals surface area contributed by atoms with Gasteiger partial charge in [0.15, 0.2) is 6.29 Å². The molecule has 7 nitrogen and oxygen atoms in total. The van der Waals surface area contributed by atoms with Crippen LogP contribution < -0.4 is 0 Å². The van der Waals surface area contributed by atoms with Crippen LogP contribution in [-0.2, 0) is 19.7 Å². The van der Waals surface area contributed by atoms with Crippen LogP contribution in [0.25, 0.3) is 0 Å². The molecule has 1 unspecified atom stereocenters. The first-order chi connectivity index (χ1) is 10.5. The Kier molecular flexibility index (Phi) is 6.60. The van der Waals surface area contributed by atoms with Gasteiger partial charge in [0.25, 0.3) is 10.2 Å². The SMILES string of the molecule is COC(CN1CCN(S(=O)(=O)N2CCCCC2C)CC1)OC. The van der Waals surface area contributed by atoms with Crippen LogP contribution in [0, 0.1) is 0 Å². The van der Waals surface area contributed by atoms with Crippen LogP contribution in [0.5, 0.6) is 0 Å². The summed E-state index contributed by atoms with van der Waals surface area (Å²) in [7, 11) is -0.0844. The summed E-state index contributed by atoms with van der Waals surface area (Å²) in [5.74, 6) is 0. The first-order valence-electron chi connectivity index (χ1n) is 8.04. The molecule has 0 aliphatic carbocycles. The monoisotopic (exact) mass is 335 g/mol. The second kappa shape index (κ2) is 8.03. The topological polar surface area (TPSA) is 62.3 Å². The van der Waals surface area contributed by atoms with Gasteiger partial charge in [-0.05, 0) is 19.8 Å². The van der Waals surface area contributed by atoms with Crippen molar-refractivity contribution < 1.29 is 17.9 Å². The largest absolute Gasteiger partial charge is 0.355 e. The van der Waals surface area contributed by atoms with E-state index in [2.05, 4.69) is 4.90 Å². The Morgan fingerprint density at radius 3 is 2.23 bits per heavy atom. The maximum Gasteiger partial charge on any atom is 0.282 e. The number of methoxy groups -OCH3 is 2. The van der Waals surface area contributed by atoms with E-state index in [0.717, 1.165) is 19.3 Å². The van der Waals surface area contributed by atoms with Crippen LogP contribution in [0.4, 0.5) is 0 Å². The highest BCUT2D eigenvalue weighted by molar-refractivity contribution is 7.86. The number of hydrogen-bond donors (Lipinski definition) is 0. The van der Waals surface area contributed by atoms with Crippen LogP contribution in [0.15, 0.2) is 0 Å². The van der Waals surface area contributed by atoms with Crippen molar-refractivity contribution in [2.75, 3.05) is 53.5 Å². The molecule has 2 heterocycles. The highest BCUT2D eigenvalue weighted by atomic mass is 32.2. The Balaban J connectivity index is 1.90. The Labute approximate surface area is 134 Å². The van der Waals surface area contributed by atoms with Crippen LogP contribution >= 0.6 is 0 Å². The fourth-order valence-electron chi connectivity index (χ4n) is 3.16. The molecule has 0 radical (unpaired) electrons. The zero-order chi connectivity index (χ0) is 16.2. The predicted molar refractivity (Wildman–Crippen MR) is 84.8 cm³/mol. The van der Waals surface area contributed by atoms with Gasteiger partial charge in [0, 0.05) is 59.5 Å². The van der Waals surface area contributed by atoms with E-state index in [1.165, 1.54) is 0 Å². The lowest BCUT2D eigenvalue weighted by atomic mass is 10.1. The van der Waals surface area contributed by atoms with Gasteiger partial charge in [0.05, 0.1) is 0 Å². The summed E-state index contributed by atoms with van der Waals surface area (Å²) in [5.41, 5.74) is 0. The van der Waals surface area contributed by atoms with E-state index in [0.29, 0.717) is 39.3 Å². The Hall–Kier alpha value is -0.250. The lowest BCUT2D eigenvalue weighted by molar-refractivity contribution is -0.118. The molecule has 0 aromatic heterocycles. The van der Waals surface area contributed by atoms with Gasteiger partial charge < -0.3 is 9.47 Å². The van der Waals surface area contributed by atoms with Gasteiger partial charge in [0.1, 0.15) is 0 Å². The zero-order valence-corrected chi connectivity index (χ0v) is 14.7. The molecule has 0 aromatic carbocycles. The fourth-order valence-corrected chi connectivity index (χ4v) is 5.00. The summed E-state index contributed by atoms with van der Waals surface area (Å²) >= 11 is 0. The summed E-state index contributed by atoms with van der Waals surface area (Å²) in [6, 6.07) is 0.114. The molecule has 8 heteroatoms. The number of ether oxygens (including phenoxy) is 2. The third kappa shape index (κ3) is 4.18. The summed E-state index contributed by atoms with van der Waals surface area (Å²) in [6.45, 7) is 5.82. The molecule has 0 N–H and O–H groups in total. The molecule has 130 valence electrons. The van der Waals surface area contributed by atoms with E-state index in [9.17, 15) is 8.42 Å². The second-order valence-electron chi connectivity index (χ2n) is 6.06. The number of rotatable bonds is 6. The second-order valence-corrected chi connectivity index (χ2v) is 7.94. The zero-order valence-electron chi connectivity index (χ0n) is 13.9. The smallest absolute Gasteiger partial charge is 0.282 e. The third-order valence-electron chi connectivity index (χ3n) is 4.63. The number of hydrogen-bond acceptors (Lipinski definition) is 5. The molecule has 1 atom stereocenters. The molecule has 2 rings (SSSR count). The first kappa shape index (κ1) is 18.1. The van der Waals surface area contributed by atoms with Gasteiger partial charge in [0.2, 0.25) is 0 Å². The van der Waals surface area contributed by atoms with E-state index in [1.807, 2.05) is 6.92 Å². The van der Waals surface area contributed by atoms with Crippen molar-refractivity contribution in [2.45, 2.75) is 38.5 Å². The van der Waals surface area contributed by atoms with Gasteiger partial charge in [-0.1, -0.05) is 6.42 Å². The van der Waals surface area contributed by atoms with E-state index < -0.39 is 10.2 Å². The molecular weight excluding hydrogens is 306 g/mol. The van der Waals surface area contributed by atoms with Crippen molar-refractivity contribution in [1.82, 2.24) is 13.5 Å². The van der Waals surface area contributed by atoms with E-state index in [-0.39, 0.29) is 12.3 Å². The molecule has 0 saturated carbocycles. The molecule has 2 aliphatic heterocycles. The van der Waals surface area contributed by atoms with E-state index in [1.54, 1.807) is 22.8 Å². The van der Waals surface area contributed by atoms with Gasteiger partial charge in [-0.2, -0.15) is 17.0 Å². The lowest BCUT2D eigenvalue weighted by Crippen LogP contribution is -2.56. The van der Waals surface area contributed by atoms with Gasteiger partial charge in [-0.15, -0.1) is 0 Å². The van der Waals surface area contributed by atoms with Crippen molar-refractivity contribution in [3.63, 3.8) is 0 Å². The quantitative estimate of drug-likeness (QED) is 0.655. The van der Waals surface area contributed by atoms with Gasteiger partial charge in [-0.3, -0.25) is 4.90 Å². The number of piperazine rings is 1. The first-order valence-corrected chi connectivity index (χ1v) is 9.43. The summed E-state index contributed by atoms with van der Waals surface area (Å²) < 4.78 is 39.3. The molecule has 2 saturated heterocycles. The Morgan fingerprint density at radius 1 is 1.05 bits per heavy atom. The minimum absolute atomic E-state index is 0.114. The minimum atomic E-state index is -3.32. The van der Waals surface area contributed by atoms with Gasteiger partial charge in [-0.25, -0.2) is 0 Å². The number of piperidine rings is 1. The molecule has 0 aromatic rings. The van der Waals surface area contributed by atoms with Crippen LogP contribution in [0.3, 0.4) is 0 Å². The molecule has 2 aliphatic rings. The molecule has 2 fully saturated rings. The molecule has 0 bridgehead atoms. The van der Waals surface area contributed by atoms with Gasteiger partial charge >= 0.3 is 0 Å². The van der Waals surface area contributed by atoms with E-state index >= 15 is 0 Å². The number of nitrogens with zero attached hydrogens (tertiary/aromatic N) is 3. The van der Waals surface area contributed by atoms with Crippen molar-refractivity contribution in [3.05, 3.63) is 0 Å². The maximum atomic E-state index is 12.8. The van der Waals surface area contributed by atoms with Crippen molar-refractivity contribution in [1.29, 1.82) is 0 Å².